The highest BCUT2D eigenvalue weighted by Gasteiger charge is 2.39. The molecule has 1 aromatic rings. The molecule has 0 aliphatic heterocycles. The van der Waals surface area contributed by atoms with E-state index in [4.69, 9.17) is 0 Å². The predicted molar refractivity (Wildman–Crippen MR) is 69.4 cm³/mol. The summed E-state index contributed by atoms with van der Waals surface area (Å²) in [6.45, 7) is 0. The third-order valence-corrected chi connectivity index (χ3v) is 4.49. The zero-order chi connectivity index (χ0) is 14.2. The molecular formula is C14H20F3N3. The lowest BCUT2D eigenvalue weighted by Crippen LogP contribution is -2.42. The average Bonchev–Trinajstić information content (AvgIpc) is 2.83. The van der Waals surface area contributed by atoms with E-state index in [-0.39, 0.29) is 6.04 Å². The molecule has 2 N–H and O–H groups in total. The predicted octanol–water partition coefficient (Wildman–Crippen LogP) is 3.21. The lowest BCUT2D eigenvalue weighted by molar-refractivity contribution is -0.141. The molecule has 1 atom stereocenters. The molecule has 1 unspecified atom stereocenters. The van der Waals surface area contributed by atoms with Crippen LogP contribution in [0, 0.1) is 0 Å². The number of nitrogens with one attached hydrogen (secondary N) is 2. The number of halogens is 3. The number of hydrogen-bond acceptors (Lipinski definition) is 2. The summed E-state index contributed by atoms with van der Waals surface area (Å²) in [7, 11) is 0. The van der Waals surface area contributed by atoms with Crippen molar-refractivity contribution < 1.29 is 13.2 Å². The van der Waals surface area contributed by atoms with E-state index < -0.39 is 11.9 Å². The van der Waals surface area contributed by atoms with Crippen molar-refractivity contribution in [2.75, 3.05) is 0 Å². The fraction of sp³-hybridized carbons (Fsp3) is 0.786. The molecule has 0 saturated heterocycles. The number of fused-ring (bicyclic) bond motifs is 1. The molecule has 112 valence electrons. The zero-order valence-electron chi connectivity index (χ0n) is 11.4. The summed E-state index contributed by atoms with van der Waals surface area (Å²) in [6, 6.07) is 0.826. The number of aromatic nitrogens is 2. The van der Waals surface area contributed by atoms with Gasteiger partial charge in [0.15, 0.2) is 5.69 Å². The maximum Gasteiger partial charge on any atom is 0.435 e. The molecule has 0 amide bonds. The first kappa shape index (κ1) is 13.9. The maximum absolute atomic E-state index is 12.8. The Labute approximate surface area is 116 Å². The van der Waals surface area contributed by atoms with Crippen LogP contribution in [-0.4, -0.2) is 22.3 Å². The SMILES string of the molecule is FC(F)(F)c1n[nH]c2c1CCC(NC1CCCCC1)C2. The fourth-order valence-corrected chi connectivity index (χ4v) is 3.49. The molecule has 3 nitrogen and oxygen atoms in total. The molecule has 1 saturated carbocycles. The van der Waals surface area contributed by atoms with Gasteiger partial charge in [0.05, 0.1) is 0 Å². The van der Waals surface area contributed by atoms with E-state index in [1.165, 1.54) is 32.1 Å². The number of nitrogens with zero attached hydrogens (tertiary/aromatic N) is 1. The Bertz CT molecular complexity index is 461. The van der Waals surface area contributed by atoms with Gasteiger partial charge in [0, 0.05) is 29.8 Å². The molecule has 0 aromatic carbocycles. The molecule has 1 aromatic heterocycles. The monoisotopic (exact) mass is 287 g/mol. The summed E-state index contributed by atoms with van der Waals surface area (Å²) in [4.78, 5) is 0. The van der Waals surface area contributed by atoms with E-state index in [1.807, 2.05) is 0 Å². The summed E-state index contributed by atoms with van der Waals surface area (Å²) in [5.74, 6) is 0. The van der Waals surface area contributed by atoms with Crippen LogP contribution in [0.1, 0.15) is 55.5 Å². The van der Waals surface area contributed by atoms with Gasteiger partial charge in [-0.25, -0.2) is 0 Å². The Morgan fingerprint density at radius 2 is 1.80 bits per heavy atom. The van der Waals surface area contributed by atoms with Crippen molar-refractivity contribution in [3.05, 3.63) is 17.0 Å². The zero-order valence-corrected chi connectivity index (χ0v) is 11.4. The number of rotatable bonds is 2. The first-order chi connectivity index (χ1) is 9.54. The van der Waals surface area contributed by atoms with E-state index in [0.717, 1.165) is 6.42 Å². The van der Waals surface area contributed by atoms with Gasteiger partial charge in [-0.15, -0.1) is 0 Å². The van der Waals surface area contributed by atoms with Crippen LogP contribution in [-0.2, 0) is 19.0 Å². The molecule has 1 fully saturated rings. The van der Waals surface area contributed by atoms with Gasteiger partial charge < -0.3 is 5.32 Å². The van der Waals surface area contributed by atoms with Crippen LogP contribution < -0.4 is 5.32 Å². The summed E-state index contributed by atoms with van der Waals surface area (Å²) in [5, 5.41) is 9.68. The second-order valence-electron chi connectivity index (χ2n) is 5.97. The maximum atomic E-state index is 12.8. The van der Waals surface area contributed by atoms with Crippen LogP contribution in [0.25, 0.3) is 0 Å². The quantitative estimate of drug-likeness (QED) is 0.877. The molecule has 3 rings (SSSR count). The van der Waals surface area contributed by atoms with Gasteiger partial charge in [0.1, 0.15) is 0 Å². The minimum absolute atomic E-state index is 0.284. The topological polar surface area (TPSA) is 40.7 Å². The Hall–Kier alpha value is -1.04. The van der Waals surface area contributed by atoms with Crippen molar-refractivity contribution in [3.8, 4) is 0 Å². The number of aromatic amines is 1. The first-order valence-corrected chi connectivity index (χ1v) is 7.43. The number of hydrogen-bond donors (Lipinski definition) is 2. The Kier molecular flexibility index (Phi) is 3.75. The van der Waals surface area contributed by atoms with Gasteiger partial charge >= 0.3 is 6.18 Å². The normalized spacial score (nSPS) is 24.6. The van der Waals surface area contributed by atoms with Gasteiger partial charge in [0.2, 0.25) is 0 Å². The van der Waals surface area contributed by atoms with Crippen molar-refractivity contribution in [1.29, 1.82) is 0 Å². The van der Waals surface area contributed by atoms with E-state index in [1.54, 1.807) is 0 Å². The lowest BCUT2D eigenvalue weighted by Gasteiger charge is -2.30. The van der Waals surface area contributed by atoms with Crippen molar-refractivity contribution >= 4 is 0 Å². The molecule has 2 aliphatic carbocycles. The summed E-state index contributed by atoms with van der Waals surface area (Å²) < 4.78 is 38.3. The second-order valence-corrected chi connectivity index (χ2v) is 5.97. The number of alkyl halides is 3. The molecule has 20 heavy (non-hydrogen) atoms. The average molecular weight is 287 g/mol. The molecule has 6 heteroatoms. The van der Waals surface area contributed by atoms with Gasteiger partial charge in [-0.2, -0.15) is 18.3 Å². The first-order valence-electron chi connectivity index (χ1n) is 7.43. The van der Waals surface area contributed by atoms with E-state index in [9.17, 15) is 13.2 Å². The summed E-state index contributed by atoms with van der Waals surface area (Å²) in [5.41, 5.74) is 0.319. The van der Waals surface area contributed by atoms with E-state index >= 15 is 0 Å². The number of H-pyrrole nitrogens is 1. The van der Waals surface area contributed by atoms with Crippen LogP contribution in [0.5, 0.6) is 0 Å². The third-order valence-electron chi connectivity index (χ3n) is 4.49. The van der Waals surface area contributed by atoms with Crippen molar-refractivity contribution in [2.24, 2.45) is 0 Å². The van der Waals surface area contributed by atoms with Crippen LogP contribution in [0.4, 0.5) is 13.2 Å². The molecule has 1 heterocycles. The minimum atomic E-state index is -4.34. The molecular weight excluding hydrogens is 267 g/mol. The minimum Gasteiger partial charge on any atom is -0.311 e. The van der Waals surface area contributed by atoms with E-state index in [0.29, 0.717) is 30.1 Å². The summed E-state index contributed by atoms with van der Waals surface area (Å²) in [6.07, 6.45) is 3.75. The Balaban J connectivity index is 1.65. The second kappa shape index (κ2) is 5.39. The van der Waals surface area contributed by atoms with Crippen LogP contribution in [0.3, 0.4) is 0 Å². The highest BCUT2D eigenvalue weighted by atomic mass is 19.4. The van der Waals surface area contributed by atoms with Crippen LogP contribution in [0.15, 0.2) is 0 Å². The highest BCUT2D eigenvalue weighted by Crippen LogP contribution is 2.34. The van der Waals surface area contributed by atoms with Crippen LogP contribution in [0.2, 0.25) is 0 Å². The van der Waals surface area contributed by atoms with Gasteiger partial charge in [0.25, 0.3) is 0 Å². The van der Waals surface area contributed by atoms with Crippen molar-refractivity contribution in [2.45, 2.75) is 69.6 Å². The van der Waals surface area contributed by atoms with Crippen molar-refractivity contribution in [3.63, 3.8) is 0 Å². The Morgan fingerprint density at radius 1 is 1.05 bits per heavy atom. The summed E-state index contributed by atoms with van der Waals surface area (Å²) >= 11 is 0. The fourth-order valence-electron chi connectivity index (χ4n) is 3.49. The molecule has 0 spiro atoms. The van der Waals surface area contributed by atoms with Gasteiger partial charge in [-0.3, -0.25) is 5.10 Å². The highest BCUT2D eigenvalue weighted by molar-refractivity contribution is 5.30. The standard InChI is InChI=1S/C14H20F3N3/c15-14(16,17)13-11-7-6-10(8-12(11)19-20-13)18-9-4-2-1-3-5-9/h9-10,18H,1-8H2,(H,19,20). The molecule has 2 aliphatic rings. The third kappa shape index (κ3) is 2.85. The molecule has 0 bridgehead atoms. The molecule has 0 radical (unpaired) electrons. The lowest BCUT2D eigenvalue weighted by atomic mass is 9.89. The van der Waals surface area contributed by atoms with Gasteiger partial charge in [-0.05, 0) is 25.7 Å². The smallest absolute Gasteiger partial charge is 0.311 e. The Morgan fingerprint density at radius 3 is 2.50 bits per heavy atom. The van der Waals surface area contributed by atoms with Gasteiger partial charge in [-0.1, -0.05) is 19.3 Å². The van der Waals surface area contributed by atoms with Crippen LogP contribution >= 0.6 is 0 Å². The largest absolute Gasteiger partial charge is 0.435 e. The van der Waals surface area contributed by atoms with Crippen molar-refractivity contribution in [1.82, 2.24) is 15.5 Å². The van der Waals surface area contributed by atoms with E-state index in [2.05, 4.69) is 15.5 Å².